The zero-order chi connectivity index (χ0) is 9.26. The molecule has 2 rings (SSSR count). The van der Waals surface area contributed by atoms with Crippen LogP contribution < -0.4 is 5.73 Å². The summed E-state index contributed by atoms with van der Waals surface area (Å²) in [4.78, 5) is 4.52. The van der Waals surface area contributed by atoms with E-state index < -0.39 is 0 Å². The summed E-state index contributed by atoms with van der Waals surface area (Å²) < 4.78 is 0. The lowest BCUT2D eigenvalue weighted by Gasteiger charge is -1.91. The monoisotopic (exact) mass is 194 g/mol. The van der Waals surface area contributed by atoms with Gasteiger partial charge in [0.25, 0.3) is 0 Å². The lowest BCUT2D eigenvalue weighted by molar-refractivity contribution is 0.930. The second-order valence-corrected chi connectivity index (χ2v) is 4.49. The van der Waals surface area contributed by atoms with Crippen LogP contribution in [0.15, 0.2) is 11.5 Å². The van der Waals surface area contributed by atoms with Gasteiger partial charge in [0, 0.05) is 17.3 Å². The zero-order valence-corrected chi connectivity index (χ0v) is 8.55. The highest BCUT2D eigenvalue weighted by atomic mass is 32.1. The van der Waals surface area contributed by atoms with E-state index in [-0.39, 0.29) is 6.04 Å². The van der Waals surface area contributed by atoms with E-state index in [4.69, 9.17) is 5.73 Å². The molecule has 1 aliphatic carbocycles. The SMILES string of the molecule is CC(N)/C=C/c1csc(C2CC2)n1. The highest BCUT2D eigenvalue weighted by Gasteiger charge is 2.26. The van der Waals surface area contributed by atoms with Crippen LogP contribution in [-0.2, 0) is 0 Å². The van der Waals surface area contributed by atoms with Gasteiger partial charge in [-0.25, -0.2) is 4.98 Å². The molecule has 0 aliphatic heterocycles. The van der Waals surface area contributed by atoms with Gasteiger partial charge in [0.15, 0.2) is 0 Å². The van der Waals surface area contributed by atoms with Crippen LogP contribution in [0, 0.1) is 0 Å². The largest absolute Gasteiger partial charge is 0.325 e. The van der Waals surface area contributed by atoms with Crippen molar-refractivity contribution < 1.29 is 0 Å². The second-order valence-electron chi connectivity index (χ2n) is 3.60. The van der Waals surface area contributed by atoms with Crippen LogP contribution in [0.4, 0.5) is 0 Å². The maximum atomic E-state index is 5.61. The van der Waals surface area contributed by atoms with Gasteiger partial charge >= 0.3 is 0 Å². The first-order chi connectivity index (χ1) is 6.25. The molecule has 1 aliphatic rings. The Hall–Kier alpha value is -0.670. The molecule has 1 fully saturated rings. The molecule has 1 unspecified atom stereocenters. The Balaban J connectivity index is 2.04. The minimum absolute atomic E-state index is 0.117. The molecular weight excluding hydrogens is 180 g/mol. The van der Waals surface area contributed by atoms with Gasteiger partial charge < -0.3 is 5.73 Å². The van der Waals surface area contributed by atoms with Gasteiger partial charge in [-0.2, -0.15) is 0 Å². The second kappa shape index (κ2) is 3.60. The molecule has 1 aromatic rings. The van der Waals surface area contributed by atoms with E-state index in [0.29, 0.717) is 0 Å². The van der Waals surface area contributed by atoms with Crippen molar-refractivity contribution in [1.29, 1.82) is 0 Å². The Labute approximate surface area is 82.5 Å². The molecular formula is C10H14N2S. The third-order valence-electron chi connectivity index (χ3n) is 2.04. The van der Waals surface area contributed by atoms with E-state index in [2.05, 4.69) is 10.4 Å². The Bertz CT molecular complexity index is 310. The van der Waals surface area contributed by atoms with Gasteiger partial charge in [0.2, 0.25) is 0 Å². The number of thiazole rings is 1. The number of nitrogens with two attached hydrogens (primary N) is 1. The van der Waals surface area contributed by atoms with Crippen molar-refractivity contribution in [2.24, 2.45) is 5.73 Å². The van der Waals surface area contributed by atoms with Gasteiger partial charge in [-0.15, -0.1) is 11.3 Å². The maximum Gasteiger partial charge on any atom is 0.0963 e. The van der Waals surface area contributed by atoms with Crippen molar-refractivity contribution in [3.8, 4) is 0 Å². The predicted octanol–water partition coefficient (Wildman–Crippen LogP) is 2.38. The number of rotatable bonds is 3. The average molecular weight is 194 g/mol. The molecule has 2 N–H and O–H groups in total. The number of hydrogen-bond donors (Lipinski definition) is 1. The Kier molecular flexibility index (Phi) is 2.47. The summed E-state index contributed by atoms with van der Waals surface area (Å²) in [5.74, 6) is 0.766. The minimum Gasteiger partial charge on any atom is -0.325 e. The molecule has 70 valence electrons. The Morgan fingerprint density at radius 2 is 2.46 bits per heavy atom. The molecule has 0 bridgehead atoms. The number of nitrogens with zero attached hydrogens (tertiary/aromatic N) is 1. The molecule has 1 aromatic heterocycles. The van der Waals surface area contributed by atoms with Crippen LogP contribution >= 0.6 is 11.3 Å². The molecule has 0 spiro atoms. The summed E-state index contributed by atoms with van der Waals surface area (Å²) in [5, 5.41) is 3.40. The van der Waals surface area contributed by atoms with E-state index in [0.717, 1.165) is 11.6 Å². The van der Waals surface area contributed by atoms with Crippen LogP contribution in [-0.4, -0.2) is 11.0 Å². The first kappa shape index (κ1) is 8.91. The van der Waals surface area contributed by atoms with Crippen molar-refractivity contribution in [3.05, 3.63) is 22.2 Å². The third-order valence-corrected chi connectivity index (χ3v) is 3.06. The fraction of sp³-hybridized carbons (Fsp3) is 0.500. The first-order valence-corrected chi connectivity index (χ1v) is 5.53. The van der Waals surface area contributed by atoms with Gasteiger partial charge in [-0.1, -0.05) is 6.08 Å². The molecule has 0 amide bonds. The number of hydrogen-bond acceptors (Lipinski definition) is 3. The highest BCUT2D eigenvalue weighted by Crippen LogP contribution is 2.41. The van der Waals surface area contributed by atoms with E-state index in [9.17, 15) is 0 Å². The maximum absolute atomic E-state index is 5.61. The topological polar surface area (TPSA) is 38.9 Å². The molecule has 0 aromatic carbocycles. The van der Waals surface area contributed by atoms with Crippen molar-refractivity contribution >= 4 is 17.4 Å². The summed E-state index contributed by atoms with van der Waals surface area (Å²) in [6, 6.07) is 0.117. The highest BCUT2D eigenvalue weighted by molar-refractivity contribution is 7.09. The third kappa shape index (κ3) is 2.39. The van der Waals surface area contributed by atoms with Crippen molar-refractivity contribution in [3.63, 3.8) is 0 Å². The van der Waals surface area contributed by atoms with Crippen molar-refractivity contribution in [2.75, 3.05) is 0 Å². The smallest absolute Gasteiger partial charge is 0.0963 e. The zero-order valence-electron chi connectivity index (χ0n) is 7.73. The summed E-state index contributed by atoms with van der Waals surface area (Å²) in [5.41, 5.74) is 6.67. The Morgan fingerprint density at radius 1 is 1.69 bits per heavy atom. The predicted molar refractivity (Wildman–Crippen MR) is 56.8 cm³/mol. The van der Waals surface area contributed by atoms with Gasteiger partial charge in [0.1, 0.15) is 0 Å². The fourth-order valence-corrected chi connectivity index (χ4v) is 2.10. The van der Waals surface area contributed by atoms with Gasteiger partial charge in [0.05, 0.1) is 10.7 Å². The van der Waals surface area contributed by atoms with Crippen LogP contribution in [0.25, 0.3) is 6.08 Å². The van der Waals surface area contributed by atoms with E-state index >= 15 is 0 Å². The van der Waals surface area contributed by atoms with Crippen LogP contribution in [0.5, 0.6) is 0 Å². The lowest BCUT2D eigenvalue weighted by atomic mass is 10.3. The van der Waals surface area contributed by atoms with Crippen molar-refractivity contribution in [1.82, 2.24) is 4.98 Å². The number of aromatic nitrogens is 1. The van der Waals surface area contributed by atoms with Crippen molar-refractivity contribution in [2.45, 2.75) is 31.7 Å². The molecule has 2 nitrogen and oxygen atoms in total. The molecule has 3 heteroatoms. The first-order valence-electron chi connectivity index (χ1n) is 4.65. The normalized spacial score (nSPS) is 19.5. The van der Waals surface area contributed by atoms with E-state index in [1.54, 1.807) is 11.3 Å². The standard InChI is InChI=1S/C10H14N2S/c1-7(11)2-5-9-6-13-10(12-9)8-3-4-8/h2,5-8H,3-4,11H2,1H3/b5-2+. The average Bonchev–Trinajstić information content (AvgIpc) is 2.83. The molecule has 1 atom stereocenters. The van der Waals surface area contributed by atoms with E-state index in [1.807, 2.05) is 19.1 Å². The summed E-state index contributed by atoms with van der Waals surface area (Å²) >= 11 is 1.77. The van der Waals surface area contributed by atoms with Crippen LogP contribution in [0.2, 0.25) is 0 Å². The van der Waals surface area contributed by atoms with Gasteiger partial charge in [-0.3, -0.25) is 0 Å². The lowest BCUT2D eigenvalue weighted by Crippen LogP contribution is -2.09. The Morgan fingerprint density at radius 3 is 3.08 bits per heavy atom. The summed E-state index contributed by atoms with van der Waals surface area (Å²) in [7, 11) is 0. The molecule has 0 radical (unpaired) electrons. The molecule has 1 saturated carbocycles. The summed E-state index contributed by atoms with van der Waals surface area (Å²) in [6.07, 6.45) is 6.63. The van der Waals surface area contributed by atoms with E-state index in [1.165, 1.54) is 17.8 Å². The quantitative estimate of drug-likeness (QED) is 0.802. The van der Waals surface area contributed by atoms with Crippen LogP contribution in [0.1, 0.15) is 36.4 Å². The minimum atomic E-state index is 0.117. The fourth-order valence-electron chi connectivity index (χ4n) is 1.15. The molecule has 1 heterocycles. The molecule has 0 saturated heterocycles. The molecule has 13 heavy (non-hydrogen) atoms. The van der Waals surface area contributed by atoms with Gasteiger partial charge in [-0.05, 0) is 25.8 Å². The summed E-state index contributed by atoms with van der Waals surface area (Å²) in [6.45, 7) is 1.96. The van der Waals surface area contributed by atoms with Crippen LogP contribution in [0.3, 0.4) is 0 Å².